The Morgan fingerprint density at radius 1 is 1.25 bits per heavy atom. The van der Waals surface area contributed by atoms with Gasteiger partial charge in [-0.15, -0.1) is 11.8 Å². The Morgan fingerprint density at radius 3 is 2.45 bits per heavy atom. The van der Waals surface area contributed by atoms with Crippen LogP contribution in [0.1, 0.15) is 12.8 Å². The van der Waals surface area contributed by atoms with Crippen molar-refractivity contribution in [3.8, 4) is 0 Å². The zero-order valence-electron chi connectivity index (χ0n) is 10.7. The van der Waals surface area contributed by atoms with Crippen molar-refractivity contribution >= 4 is 29.5 Å². The van der Waals surface area contributed by atoms with E-state index >= 15 is 0 Å². The van der Waals surface area contributed by atoms with Crippen molar-refractivity contribution in [2.24, 2.45) is 5.73 Å². The van der Waals surface area contributed by atoms with E-state index in [4.69, 9.17) is 10.8 Å². The first-order valence-electron chi connectivity index (χ1n) is 5.97. The summed E-state index contributed by atoms with van der Waals surface area (Å²) in [5.74, 6) is -2.05. The molecule has 2 amide bonds. The summed E-state index contributed by atoms with van der Waals surface area (Å²) in [7, 11) is 0. The van der Waals surface area contributed by atoms with E-state index in [0.29, 0.717) is 0 Å². The van der Waals surface area contributed by atoms with Crippen molar-refractivity contribution in [2.45, 2.75) is 23.8 Å². The number of hydrogen-bond donors (Lipinski definition) is 3. The summed E-state index contributed by atoms with van der Waals surface area (Å²) in [6, 6.07) is 8.21. The van der Waals surface area contributed by atoms with Crippen LogP contribution in [0, 0.1) is 0 Å². The highest BCUT2D eigenvalue weighted by Gasteiger charge is 2.20. The van der Waals surface area contributed by atoms with Crippen LogP contribution in [0.5, 0.6) is 0 Å². The number of amides is 2. The number of aliphatic carboxylic acids is 1. The Labute approximate surface area is 120 Å². The molecule has 0 spiro atoms. The van der Waals surface area contributed by atoms with Crippen molar-refractivity contribution in [2.75, 3.05) is 5.75 Å². The van der Waals surface area contributed by atoms with Gasteiger partial charge in [-0.05, 0) is 18.6 Å². The van der Waals surface area contributed by atoms with Crippen LogP contribution in [-0.4, -0.2) is 34.7 Å². The number of nitrogens with two attached hydrogens (primary N) is 1. The Balaban J connectivity index is 2.41. The molecule has 1 unspecified atom stereocenters. The summed E-state index contributed by atoms with van der Waals surface area (Å²) in [6.45, 7) is 0. The Bertz CT molecular complexity index is 479. The standard InChI is InChI=1S/C13H16N2O4S/c14-11(16)7-6-10(13(18)19)15-12(17)8-20-9-4-2-1-3-5-9/h1-5,10H,6-8H2,(H2,14,16)(H,15,17)(H,18,19). The van der Waals surface area contributed by atoms with Gasteiger partial charge in [0.25, 0.3) is 0 Å². The first-order chi connectivity index (χ1) is 9.49. The predicted octanol–water partition coefficient (Wildman–Crippen LogP) is 0.614. The van der Waals surface area contributed by atoms with Gasteiger partial charge in [-0.1, -0.05) is 18.2 Å². The number of rotatable bonds is 8. The van der Waals surface area contributed by atoms with E-state index in [0.717, 1.165) is 4.90 Å². The second kappa shape index (κ2) is 8.21. The number of nitrogens with one attached hydrogen (secondary N) is 1. The van der Waals surface area contributed by atoms with Crippen LogP contribution < -0.4 is 11.1 Å². The van der Waals surface area contributed by atoms with Crippen molar-refractivity contribution in [3.63, 3.8) is 0 Å². The number of benzene rings is 1. The monoisotopic (exact) mass is 296 g/mol. The molecule has 4 N–H and O–H groups in total. The third-order valence-electron chi connectivity index (χ3n) is 2.43. The molecule has 0 fully saturated rings. The summed E-state index contributed by atoms with van der Waals surface area (Å²) in [5, 5.41) is 11.3. The molecule has 0 saturated heterocycles. The predicted molar refractivity (Wildman–Crippen MR) is 75.2 cm³/mol. The Hall–Kier alpha value is -2.02. The zero-order valence-corrected chi connectivity index (χ0v) is 11.6. The van der Waals surface area contributed by atoms with Crippen LogP contribution in [0.4, 0.5) is 0 Å². The quantitative estimate of drug-likeness (QED) is 0.609. The topological polar surface area (TPSA) is 109 Å². The van der Waals surface area contributed by atoms with E-state index in [2.05, 4.69) is 5.32 Å². The smallest absolute Gasteiger partial charge is 0.326 e. The number of carboxylic acid groups (broad SMARTS) is 1. The molecule has 0 aromatic heterocycles. The molecule has 108 valence electrons. The maximum Gasteiger partial charge on any atom is 0.326 e. The second-order valence-corrected chi connectivity index (χ2v) is 5.11. The van der Waals surface area contributed by atoms with Crippen LogP contribution in [0.15, 0.2) is 35.2 Å². The average molecular weight is 296 g/mol. The molecule has 0 heterocycles. The number of hydrogen-bond acceptors (Lipinski definition) is 4. The summed E-state index contributed by atoms with van der Waals surface area (Å²) in [6.07, 6.45) is -0.0878. The van der Waals surface area contributed by atoms with Crippen LogP contribution in [0.3, 0.4) is 0 Å². The molecule has 0 aliphatic heterocycles. The number of carbonyl (C=O) groups is 3. The molecule has 0 radical (unpaired) electrons. The average Bonchev–Trinajstić information content (AvgIpc) is 2.41. The van der Waals surface area contributed by atoms with E-state index in [9.17, 15) is 14.4 Å². The van der Waals surface area contributed by atoms with Gasteiger partial charge in [0.05, 0.1) is 5.75 Å². The summed E-state index contributed by atoms with van der Waals surface area (Å²) < 4.78 is 0. The van der Waals surface area contributed by atoms with Gasteiger partial charge in [0.15, 0.2) is 0 Å². The van der Waals surface area contributed by atoms with Gasteiger partial charge in [0, 0.05) is 11.3 Å². The van der Waals surface area contributed by atoms with E-state index in [-0.39, 0.29) is 18.6 Å². The van der Waals surface area contributed by atoms with Crippen LogP contribution in [0.2, 0.25) is 0 Å². The number of primary amides is 1. The molecule has 0 bridgehead atoms. The van der Waals surface area contributed by atoms with Crippen LogP contribution >= 0.6 is 11.8 Å². The minimum absolute atomic E-state index is 0.00753. The van der Waals surface area contributed by atoms with Gasteiger partial charge in [0.2, 0.25) is 11.8 Å². The van der Waals surface area contributed by atoms with Gasteiger partial charge in [-0.3, -0.25) is 9.59 Å². The third kappa shape index (κ3) is 6.24. The minimum atomic E-state index is -1.18. The zero-order chi connectivity index (χ0) is 15.0. The molecule has 1 aromatic rings. The molecule has 6 nitrogen and oxygen atoms in total. The van der Waals surface area contributed by atoms with Gasteiger partial charge in [-0.25, -0.2) is 4.79 Å². The SMILES string of the molecule is NC(=O)CCC(NC(=O)CSc1ccccc1)C(=O)O. The Morgan fingerprint density at radius 2 is 1.90 bits per heavy atom. The highest BCUT2D eigenvalue weighted by molar-refractivity contribution is 8.00. The maximum atomic E-state index is 11.7. The normalized spacial score (nSPS) is 11.6. The lowest BCUT2D eigenvalue weighted by molar-refractivity contribution is -0.141. The van der Waals surface area contributed by atoms with E-state index in [1.54, 1.807) is 0 Å². The molecule has 1 rings (SSSR count). The number of thioether (sulfide) groups is 1. The number of carboxylic acids is 1. The molecule has 0 aliphatic carbocycles. The van der Waals surface area contributed by atoms with Gasteiger partial charge < -0.3 is 16.2 Å². The van der Waals surface area contributed by atoms with Crippen molar-refractivity contribution in [1.29, 1.82) is 0 Å². The summed E-state index contributed by atoms with van der Waals surface area (Å²) in [4.78, 5) is 34.2. The molecule has 1 aromatic carbocycles. The molecular formula is C13H16N2O4S. The third-order valence-corrected chi connectivity index (χ3v) is 3.44. The fraction of sp³-hybridized carbons (Fsp3) is 0.308. The highest BCUT2D eigenvalue weighted by Crippen LogP contribution is 2.16. The molecule has 20 heavy (non-hydrogen) atoms. The van der Waals surface area contributed by atoms with E-state index < -0.39 is 23.8 Å². The first kappa shape index (κ1) is 16.0. The van der Waals surface area contributed by atoms with Crippen LogP contribution in [0.25, 0.3) is 0 Å². The van der Waals surface area contributed by atoms with E-state index in [1.807, 2.05) is 30.3 Å². The molecular weight excluding hydrogens is 280 g/mol. The lowest BCUT2D eigenvalue weighted by Gasteiger charge is -2.13. The molecule has 0 saturated carbocycles. The van der Waals surface area contributed by atoms with Gasteiger partial charge in [0.1, 0.15) is 6.04 Å². The summed E-state index contributed by atoms with van der Waals surface area (Å²) in [5.41, 5.74) is 4.96. The maximum absolute atomic E-state index is 11.7. The first-order valence-corrected chi connectivity index (χ1v) is 6.96. The van der Waals surface area contributed by atoms with Crippen LogP contribution in [-0.2, 0) is 14.4 Å². The molecule has 7 heteroatoms. The van der Waals surface area contributed by atoms with Crippen molar-refractivity contribution in [1.82, 2.24) is 5.32 Å². The van der Waals surface area contributed by atoms with Gasteiger partial charge >= 0.3 is 5.97 Å². The Kier molecular flexibility index (Phi) is 6.58. The van der Waals surface area contributed by atoms with E-state index in [1.165, 1.54) is 11.8 Å². The summed E-state index contributed by atoms with van der Waals surface area (Å²) >= 11 is 1.31. The highest BCUT2D eigenvalue weighted by atomic mass is 32.2. The number of carbonyl (C=O) groups excluding carboxylic acids is 2. The van der Waals surface area contributed by atoms with Crippen molar-refractivity contribution in [3.05, 3.63) is 30.3 Å². The fourth-order valence-corrected chi connectivity index (χ4v) is 2.18. The largest absolute Gasteiger partial charge is 0.480 e. The lowest BCUT2D eigenvalue weighted by Crippen LogP contribution is -2.42. The molecule has 1 atom stereocenters. The fourth-order valence-electron chi connectivity index (χ4n) is 1.45. The lowest BCUT2D eigenvalue weighted by atomic mass is 10.1. The molecule has 0 aliphatic rings. The minimum Gasteiger partial charge on any atom is -0.480 e. The van der Waals surface area contributed by atoms with Gasteiger partial charge in [-0.2, -0.15) is 0 Å². The van der Waals surface area contributed by atoms with Crippen molar-refractivity contribution < 1.29 is 19.5 Å². The second-order valence-electron chi connectivity index (χ2n) is 4.07.